The van der Waals surface area contributed by atoms with Crippen molar-refractivity contribution in [1.82, 2.24) is 15.3 Å². The van der Waals surface area contributed by atoms with E-state index in [2.05, 4.69) is 20.0 Å². The Kier molecular flexibility index (Phi) is 4.29. The van der Waals surface area contributed by atoms with Crippen molar-refractivity contribution >= 4 is 0 Å². The molecular formula is C13H14F3N3O. The Morgan fingerprint density at radius 2 is 1.95 bits per heavy atom. The highest BCUT2D eigenvalue weighted by molar-refractivity contribution is 5.59. The van der Waals surface area contributed by atoms with Crippen molar-refractivity contribution in [2.24, 2.45) is 0 Å². The lowest BCUT2D eigenvalue weighted by atomic mass is 10.2. The van der Waals surface area contributed by atoms with Crippen molar-refractivity contribution in [2.45, 2.75) is 19.8 Å². The number of ether oxygens (including phenoxy) is 1. The summed E-state index contributed by atoms with van der Waals surface area (Å²) in [5.74, 6) is 0.533. The summed E-state index contributed by atoms with van der Waals surface area (Å²) >= 11 is 0. The third-order valence-corrected chi connectivity index (χ3v) is 2.57. The van der Waals surface area contributed by atoms with Crippen molar-refractivity contribution < 1.29 is 17.9 Å². The molecule has 108 valence electrons. The molecule has 1 heterocycles. The summed E-state index contributed by atoms with van der Waals surface area (Å²) in [6.45, 7) is 3.44. The van der Waals surface area contributed by atoms with E-state index in [-0.39, 0.29) is 5.75 Å². The van der Waals surface area contributed by atoms with Crippen LogP contribution in [0.4, 0.5) is 13.2 Å². The van der Waals surface area contributed by atoms with Gasteiger partial charge in [0, 0.05) is 0 Å². The Hall–Kier alpha value is -2.02. The van der Waals surface area contributed by atoms with Gasteiger partial charge in [-0.25, -0.2) is 4.98 Å². The first-order valence-corrected chi connectivity index (χ1v) is 6.08. The number of nitrogens with zero attached hydrogens (tertiary/aromatic N) is 1. The molecule has 0 bridgehead atoms. The number of hydrogen-bond acceptors (Lipinski definition) is 3. The molecule has 4 nitrogen and oxygen atoms in total. The number of rotatable bonds is 5. The maximum absolute atomic E-state index is 12.0. The fourth-order valence-electron chi connectivity index (χ4n) is 1.68. The van der Waals surface area contributed by atoms with E-state index < -0.39 is 6.36 Å². The average Bonchev–Trinajstić information content (AvgIpc) is 2.84. The smallest absolute Gasteiger partial charge is 0.406 e. The first-order valence-electron chi connectivity index (χ1n) is 6.08. The number of imidazole rings is 1. The maximum atomic E-state index is 12.0. The number of aromatic nitrogens is 2. The van der Waals surface area contributed by atoms with Crippen molar-refractivity contribution in [3.05, 3.63) is 36.3 Å². The minimum absolute atomic E-state index is 0.242. The van der Waals surface area contributed by atoms with Gasteiger partial charge in [-0.2, -0.15) is 0 Å². The number of benzene rings is 1. The number of hydrogen-bond donors (Lipinski definition) is 2. The lowest BCUT2D eigenvalue weighted by molar-refractivity contribution is -0.274. The molecule has 0 radical (unpaired) electrons. The Morgan fingerprint density at radius 3 is 2.55 bits per heavy atom. The van der Waals surface area contributed by atoms with Gasteiger partial charge in [-0.05, 0) is 36.4 Å². The zero-order valence-electron chi connectivity index (χ0n) is 10.8. The first kappa shape index (κ1) is 14.4. The third kappa shape index (κ3) is 3.99. The van der Waals surface area contributed by atoms with E-state index in [1.807, 2.05) is 6.92 Å². The number of H-pyrrole nitrogens is 1. The average molecular weight is 285 g/mol. The highest BCUT2D eigenvalue weighted by Crippen LogP contribution is 2.25. The predicted molar refractivity (Wildman–Crippen MR) is 68.1 cm³/mol. The summed E-state index contributed by atoms with van der Waals surface area (Å²) in [5.41, 5.74) is 1.49. The SMILES string of the molecule is CCNCc1ncc(-c2ccc(OC(F)(F)F)cc2)[nH]1. The molecule has 0 saturated carbocycles. The van der Waals surface area contributed by atoms with Crippen LogP contribution in [0.1, 0.15) is 12.7 Å². The first-order chi connectivity index (χ1) is 9.48. The topological polar surface area (TPSA) is 49.9 Å². The number of alkyl halides is 3. The Morgan fingerprint density at radius 1 is 1.25 bits per heavy atom. The van der Waals surface area contributed by atoms with E-state index in [1.54, 1.807) is 18.3 Å². The molecule has 0 spiro atoms. The maximum Gasteiger partial charge on any atom is 0.573 e. The highest BCUT2D eigenvalue weighted by atomic mass is 19.4. The monoisotopic (exact) mass is 285 g/mol. The van der Waals surface area contributed by atoms with Gasteiger partial charge in [-0.3, -0.25) is 0 Å². The molecule has 0 aliphatic carbocycles. The molecule has 0 atom stereocenters. The van der Waals surface area contributed by atoms with E-state index in [9.17, 15) is 13.2 Å². The molecule has 0 unspecified atom stereocenters. The second-order valence-corrected chi connectivity index (χ2v) is 4.10. The second kappa shape index (κ2) is 5.96. The fraction of sp³-hybridized carbons (Fsp3) is 0.308. The molecule has 0 amide bonds. The van der Waals surface area contributed by atoms with Crippen molar-refractivity contribution in [1.29, 1.82) is 0 Å². The molecular weight excluding hydrogens is 271 g/mol. The molecule has 20 heavy (non-hydrogen) atoms. The summed E-state index contributed by atoms with van der Waals surface area (Å²) < 4.78 is 39.9. The quantitative estimate of drug-likeness (QED) is 0.887. The molecule has 0 aliphatic rings. The van der Waals surface area contributed by atoms with Gasteiger partial charge < -0.3 is 15.0 Å². The van der Waals surface area contributed by atoms with Gasteiger partial charge in [0.05, 0.1) is 18.4 Å². The zero-order valence-corrected chi connectivity index (χ0v) is 10.8. The van der Waals surface area contributed by atoms with Gasteiger partial charge in [0.15, 0.2) is 0 Å². The van der Waals surface area contributed by atoms with Crippen molar-refractivity contribution in [3.8, 4) is 17.0 Å². The Balaban J connectivity index is 2.07. The number of halogens is 3. The van der Waals surface area contributed by atoms with Crippen LogP contribution in [0.2, 0.25) is 0 Å². The molecule has 2 aromatic rings. The van der Waals surface area contributed by atoms with Crippen LogP contribution >= 0.6 is 0 Å². The second-order valence-electron chi connectivity index (χ2n) is 4.10. The van der Waals surface area contributed by atoms with Crippen LogP contribution in [-0.2, 0) is 6.54 Å². The summed E-state index contributed by atoms with van der Waals surface area (Å²) in [6, 6.07) is 5.64. The van der Waals surface area contributed by atoms with Gasteiger partial charge >= 0.3 is 6.36 Å². The minimum Gasteiger partial charge on any atom is -0.406 e. The van der Waals surface area contributed by atoms with Gasteiger partial charge in [-0.1, -0.05) is 6.92 Å². The zero-order chi connectivity index (χ0) is 14.6. The van der Waals surface area contributed by atoms with Gasteiger partial charge in [0.25, 0.3) is 0 Å². The molecule has 1 aromatic carbocycles. The molecule has 0 fully saturated rings. The standard InChI is InChI=1S/C13H14F3N3O/c1-2-17-8-12-18-7-11(19-12)9-3-5-10(6-4-9)20-13(14,15)16/h3-7,17H,2,8H2,1H3,(H,18,19). The molecule has 2 rings (SSSR count). The van der Waals surface area contributed by atoms with Gasteiger partial charge in [0.1, 0.15) is 11.6 Å². The van der Waals surface area contributed by atoms with Gasteiger partial charge in [-0.15, -0.1) is 13.2 Å². The molecule has 0 aliphatic heterocycles. The van der Waals surface area contributed by atoms with Crippen LogP contribution in [0.15, 0.2) is 30.5 Å². The van der Waals surface area contributed by atoms with Crippen LogP contribution in [0.3, 0.4) is 0 Å². The highest BCUT2D eigenvalue weighted by Gasteiger charge is 2.30. The van der Waals surface area contributed by atoms with Crippen molar-refractivity contribution in [2.75, 3.05) is 6.54 Å². The predicted octanol–water partition coefficient (Wildman–Crippen LogP) is 3.08. The molecule has 7 heteroatoms. The summed E-state index contributed by atoms with van der Waals surface area (Å²) in [7, 11) is 0. The molecule has 0 saturated heterocycles. The lowest BCUT2D eigenvalue weighted by Gasteiger charge is -2.08. The lowest BCUT2D eigenvalue weighted by Crippen LogP contribution is -2.16. The summed E-state index contributed by atoms with van der Waals surface area (Å²) in [4.78, 5) is 7.28. The third-order valence-electron chi connectivity index (χ3n) is 2.57. The van der Waals surface area contributed by atoms with E-state index >= 15 is 0 Å². The van der Waals surface area contributed by atoms with Crippen LogP contribution in [0.25, 0.3) is 11.3 Å². The fourth-order valence-corrected chi connectivity index (χ4v) is 1.68. The van der Waals surface area contributed by atoms with E-state index in [1.165, 1.54) is 12.1 Å². The van der Waals surface area contributed by atoms with Crippen LogP contribution < -0.4 is 10.1 Å². The Bertz CT molecular complexity index is 549. The van der Waals surface area contributed by atoms with E-state index in [0.29, 0.717) is 6.54 Å². The number of aromatic amines is 1. The summed E-state index contributed by atoms with van der Waals surface area (Å²) in [5, 5.41) is 3.13. The molecule has 2 N–H and O–H groups in total. The van der Waals surface area contributed by atoms with Crippen LogP contribution in [0.5, 0.6) is 5.75 Å². The van der Waals surface area contributed by atoms with Crippen LogP contribution in [-0.4, -0.2) is 22.9 Å². The van der Waals surface area contributed by atoms with Crippen LogP contribution in [0, 0.1) is 0 Å². The normalized spacial score (nSPS) is 11.6. The van der Waals surface area contributed by atoms with E-state index in [0.717, 1.165) is 23.6 Å². The number of nitrogens with one attached hydrogen (secondary N) is 2. The molecule has 1 aromatic heterocycles. The van der Waals surface area contributed by atoms with Crippen molar-refractivity contribution in [3.63, 3.8) is 0 Å². The van der Waals surface area contributed by atoms with E-state index in [4.69, 9.17) is 0 Å². The van der Waals surface area contributed by atoms with Gasteiger partial charge in [0.2, 0.25) is 0 Å². The minimum atomic E-state index is -4.67. The largest absolute Gasteiger partial charge is 0.573 e. The Labute approximate surface area is 114 Å². The summed E-state index contributed by atoms with van der Waals surface area (Å²) in [6.07, 6.45) is -3.03.